The average Bonchev–Trinajstić information content (AvgIpc) is 2.88. The first-order chi connectivity index (χ1) is 9.35. The summed E-state index contributed by atoms with van der Waals surface area (Å²) in [5.41, 5.74) is 1.22. The quantitative estimate of drug-likeness (QED) is 0.748. The van der Waals surface area contributed by atoms with E-state index in [1.807, 2.05) is 12.2 Å². The zero-order valence-corrected chi connectivity index (χ0v) is 11.6. The van der Waals surface area contributed by atoms with Crippen LogP contribution in [0, 0.1) is 0 Å². The van der Waals surface area contributed by atoms with Crippen LogP contribution in [0.25, 0.3) is 0 Å². The van der Waals surface area contributed by atoms with Gasteiger partial charge in [0.25, 0.3) is 0 Å². The van der Waals surface area contributed by atoms with E-state index in [4.69, 9.17) is 0 Å². The smallest absolute Gasteiger partial charge is 0.0417 e. The van der Waals surface area contributed by atoms with Crippen LogP contribution < -0.4 is 5.32 Å². The largest absolute Gasteiger partial charge is 0.381 e. The van der Waals surface area contributed by atoms with E-state index in [1.165, 1.54) is 24.9 Å². The van der Waals surface area contributed by atoms with Crippen LogP contribution in [0.2, 0.25) is 0 Å². The van der Waals surface area contributed by atoms with Crippen molar-refractivity contribution in [2.45, 2.75) is 31.3 Å². The van der Waals surface area contributed by atoms with Gasteiger partial charge in [-0.3, -0.25) is 4.90 Å². The van der Waals surface area contributed by atoms with Gasteiger partial charge in [-0.2, -0.15) is 0 Å². The van der Waals surface area contributed by atoms with Crippen LogP contribution in [0.4, 0.5) is 5.69 Å². The number of benzene rings is 1. The summed E-state index contributed by atoms with van der Waals surface area (Å²) < 4.78 is 0. The Morgan fingerprint density at radius 1 is 1.11 bits per heavy atom. The Kier molecular flexibility index (Phi) is 5.22. The molecule has 1 fully saturated rings. The highest BCUT2D eigenvalue weighted by Gasteiger charge is 2.30. The van der Waals surface area contributed by atoms with Crippen LogP contribution >= 0.6 is 0 Å². The first-order valence-corrected chi connectivity index (χ1v) is 7.12. The molecule has 0 saturated heterocycles. The van der Waals surface area contributed by atoms with Crippen LogP contribution in [0.5, 0.6) is 0 Å². The standard InChI is InChI=1S/C17H24N2/c1-3-13-19(14-4-2)17-12-8-11-16(17)18-15-9-6-5-7-10-15/h3-7,9-10,16-18H,1-2,8,11-14H2. The van der Waals surface area contributed by atoms with E-state index in [1.54, 1.807) is 0 Å². The van der Waals surface area contributed by atoms with Crippen molar-refractivity contribution in [1.82, 2.24) is 4.90 Å². The topological polar surface area (TPSA) is 15.3 Å². The van der Waals surface area contributed by atoms with Gasteiger partial charge < -0.3 is 5.32 Å². The Balaban J connectivity index is 2.02. The fraction of sp³-hybridized carbons (Fsp3) is 0.412. The maximum Gasteiger partial charge on any atom is 0.0417 e. The molecule has 2 unspecified atom stereocenters. The monoisotopic (exact) mass is 256 g/mol. The fourth-order valence-corrected chi connectivity index (χ4v) is 2.97. The minimum absolute atomic E-state index is 0.530. The van der Waals surface area contributed by atoms with Crippen molar-refractivity contribution < 1.29 is 0 Å². The van der Waals surface area contributed by atoms with Crippen molar-refractivity contribution in [1.29, 1.82) is 0 Å². The van der Waals surface area contributed by atoms with E-state index in [-0.39, 0.29) is 0 Å². The van der Waals surface area contributed by atoms with Crippen LogP contribution in [0.1, 0.15) is 19.3 Å². The molecule has 0 spiro atoms. The number of para-hydroxylation sites is 1. The molecular formula is C17H24N2. The summed E-state index contributed by atoms with van der Waals surface area (Å²) in [4.78, 5) is 2.47. The van der Waals surface area contributed by atoms with Gasteiger partial charge in [-0.15, -0.1) is 13.2 Å². The summed E-state index contributed by atoms with van der Waals surface area (Å²) in [6.07, 6.45) is 7.76. The molecule has 1 aromatic carbocycles. The van der Waals surface area contributed by atoms with Gasteiger partial charge >= 0.3 is 0 Å². The Hall–Kier alpha value is -1.54. The van der Waals surface area contributed by atoms with Crippen LogP contribution in [-0.2, 0) is 0 Å². The molecule has 2 nitrogen and oxygen atoms in total. The molecule has 2 heteroatoms. The zero-order valence-electron chi connectivity index (χ0n) is 11.6. The molecule has 0 bridgehead atoms. The highest BCUT2D eigenvalue weighted by molar-refractivity contribution is 5.44. The van der Waals surface area contributed by atoms with Crippen molar-refractivity contribution in [3.8, 4) is 0 Å². The second-order valence-corrected chi connectivity index (χ2v) is 5.15. The highest BCUT2D eigenvalue weighted by Crippen LogP contribution is 2.27. The summed E-state index contributed by atoms with van der Waals surface area (Å²) in [6, 6.07) is 11.6. The molecule has 102 valence electrons. The molecule has 19 heavy (non-hydrogen) atoms. The summed E-state index contributed by atoms with van der Waals surface area (Å²) >= 11 is 0. The molecule has 0 aliphatic heterocycles. The maximum absolute atomic E-state index is 3.87. The molecule has 0 radical (unpaired) electrons. The van der Waals surface area contributed by atoms with E-state index >= 15 is 0 Å². The van der Waals surface area contributed by atoms with Gasteiger partial charge in [0, 0.05) is 30.9 Å². The minimum Gasteiger partial charge on any atom is -0.381 e. The number of nitrogens with one attached hydrogen (secondary N) is 1. The molecule has 0 aromatic heterocycles. The van der Waals surface area contributed by atoms with Crippen LogP contribution in [0.15, 0.2) is 55.6 Å². The van der Waals surface area contributed by atoms with Crippen molar-refractivity contribution in [3.05, 3.63) is 55.6 Å². The van der Waals surface area contributed by atoms with Crippen LogP contribution in [-0.4, -0.2) is 30.1 Å². The van der Waals surface area contributed by atoms with Gasteiger partial charge in [-0.25, -0.2) is 0 Å². The number of anilines is 1. The molecule has 1 saturated carbocycles. The van der Waals surface area contributed by atoms with E-state index in [9.17, 15) is 0 Å². The summed E-state index contributed by atoms with van der Waals surface area (Å²) in [7, 11) is 0. The number of hydrogen-bond donors (Lipinski definition) is 1. The second kappa shape index (κ2) is 7.15. The molecule has 1 aliphatic carbocycles. The third-order valence-corrected chi connectivity index (χ3v) is 3.80. The molecule has 0 heterocycles. The van der Waals surface area contributed by atoms with Gasteiger partial charge in [0.05, 0.1) is 0 Å². The molecule has 1 aliphatic rings. The Labute approximate surface area is 116 Å². The van der Waals surface area contributed by atoms with Crippen LogP contribution in [0.3, 0.4) is 0 Å². The predicted molar refractivity (Wildman–Crippen MR) is 83.5 cm³/mol. The van der Waals surface area contributed by atoms with Crippen molar-refractivity contribution in [2.24, 2.45) is 0 Å². The van der Waals surface area contributed by atoms with Gasteiger partial charge in [-0.1, -0.05) is 30.4 Å². The molecular weight excluding hydrogens is 232 g/mol. The Morgan fingerprint density at radius 3 is 2.42 bits per heavy atom. The number of nitrogens with zero attached hydrogens (tertiary/aromatic N) is 1. The average molecular weight is 256 g/mol. The lowest BCUT2D eigenvalue weighted by atomic mass is 10.1. The number of hydrogen-bond acceptors (Lipinski definition) is 2. The first kappa shape index (κ1) is 13.9. The predicted octanol–water partition coefficient (Wildman–Crippen LogP) is 3.69. The lowest BCUT2D eigenvalue weighted by Gasteiger charge is -2.32. The molecule has 1 N–H and O–H groups in total. The highest BCUT2D eigenvalue weighted by atomic mass is 15.2. The van der Waals surface area contributed by atoms with Gasteiger partial charge in [0.2, 0.25) is 0 Å². The Morgan fingerprint density at radius 2 is 1.79 bits per heavy atom. The lowest BCUT2D eigenvalue weighted by molar-refractivity contribution is 0.233. The molecule has 2 rings (SSSR count). The molecule has 0 amide bonds. The van der Waals surface area contributed by atoms with Crippen molar-refractivity contribution in [2.75, 3.05) is 18.4 Å². The lowest BCUT2D eigenvalue weighted by Crippen LogP contribution is -2.43. The Bertz CT molecular complexity index is 389. The SMILES string of the molecule is C=CCN(CC=C)C1CCCC1Nc1ccccc1. The van der Waals surface area contributed by atoms with Gasteiger partial charge in [-0.05, 0) is 31.4 Å². The third-order valence-electron chi connectivity index (χ3n) is 3.80. The summed E-state index contributed by atoms with van der Waals surface area (Å²) in [6.45, 7) is 9.60. The summed E-state index contributed by atoms with van der Waals surface area (Å²) in [5, 5.41) is 3.68. The molecule has 1 aromatic rings. The van der Waals surface area contributed by atoms with Gasteiger partial charge in [0.1, 0.15) is 0 Å². The number of rotatable bonds is 7. The summed E-state index contributed by atoms with van der Waals surface area (Å²) in [5.74, 6) is 0. The van der Waals surface area contributed by atoms with E-state index in [0.717, 1.165) is 13.1 Å². The third kappa shape index (κ3) is 3.71. The second-order valence-electron chi connectivity index (χ2n) is 5.15. The molecule has 2 atom stereocenters. The van der Waals surface area contributed by atoms with Crippen molar-refractivity contribution >= 4 is 5.69 Å². The minimum atomic E-state index is 0.530. The van der Waals surface area contributed by atoms with E-state index in [0.29, 0.717) is 12.1 Å². The van der Waals surface area contributed by atoms with Crippen molar-refractivity contribution in [3.63, 3.8) is 0 Å². The zero-order chi connectivity index (χ0) is 13.5. The van der Waals surface area contributed by atoms with E-state index < -0.39 is 0 Å². The van der Waals surface area contributed by atoms with Gasteiger partial charge in [0.15, 0.2) is 0 Å². The normalized spacial score (nSPS) is 22.4. The fourth-order valence-electron chi connectivity index (χ4n) is 2.97. The maximum atomic E-state index is 3.87. The van der Waals surface area contributed by atoms with E-state index in [2.05, 4.69) is 53.7 Å². The first-order valence-electron chi connectivity index (χ1n) is 7.12.